The molecule has 1 unspecified atom stereocenters. The van der Waals surface area contributed by atoms with Crippen LogP contribution >= 0.6 is 0 Å². The molecule has 218 valence electrons. The molecular formula is C29H28F6N4O2. The summed E-state index contributed by atoms with van der Waals surface area (Å²) < 4.78 is 87.1. The molecule has 0 spiro atoms. The third-order valence-corrected chi connectivity index (χ3v) is 7.48. The molecule has 1 aromatic heterocycles. The molecule has 2 aliphatic heterocycles. The third kappa shape index (κ3) is 6.12. The van der Waals surface area contributed by atoms with E-state index in [1.54, 1.807) is 22.1 Å². The second kappa shape index (κ2) is 11.2. The van der Waals surface area contributed by atoms with Crippen LogP contribution in [0.2, 0.25) is 0 Å². The van der Waals surface area contributed by atoms with Gasteiger partial charge in [-0.15, -0.1) is 0 Å². The van der Waals surface area contributed by atoms with E-state index < -0.39 is 35.1 Å². The number of rotatable bonds is 6. The smallest absolute Gasteiger partial charge is 0.416 e. The van der Waals surface area contributed by atoms with Gasteiger partial charge in [-0.25, -0.2) is 4.98 Å². The molecule has 0 radical (unpaired) electrons. The lowest BCUT2D eigenvalue weighted by Gasteiger charge is -2.43. The van der Waals surface area contributed by atoms with Crippen LogP contribution in [0.5, 0.6) is 5.75 Å². The summed E-state index contributed by atoms with van der Waals surface area (Å²) in [5.41, 5.74) is -3.40. The summed E-state index contributed by atoms with van der Waals surface area (Å²) in [5.74, 6) is 0.358. The summed E-state index contributed by atoms with van der Waals surface area (Å²) >= 11 is 0. The molecule has 2 saturated heterocycles. The monoisotopic (exact) mass is 578 g/mol. The summed E-state index contributed by atoms with van der Waals surface area (Å²) in [5, 5.41) is 0. The van der Waals surface area contributed by atoms with E-state index in [9.17, 15) is 31.1 Å². The van der Waals surface area contributed by atoms with Crippen molar-refractivity contribution in [2.45, 2.75) is 37.5 Å². The summed E-state index contributed by atoms with van der Waals surface area (Å²) in [6.45, 7) is 1.65. The van der Waals surface area contributed by atoms with Crippen molar-refractivity contribution in [2.24, 2.45) is 0 Å². The highest BCUT2D eigenvalue weighted by molar-refractivity contribution is 5.86. The van der Waals surface area contributed by atoms with Crippen LogP contribution in [0.15, 0.2) is 72.9 Å². The quantitative estimate of drug-likeness (QED) is 0.344. The molecule has 0 saturated carbocycles. The number of halogens is 6. The lowest BCUT2D eigenvalue weighted by molar-refractivity contribution is -0.165. The van der Waals surface area contributed by atoms with Gasteiger partial charge in [-0.05, 0) is 54.4 Å². The maximum Gasteiger partial charge on any atom is 0.416 e. The Balaban J connectivity index is 1.44. The van der Waals surface area contributed by atoms with Crippen LogP contribution in [0.4, 0.5) is 32.2 Å². The number of pyridine rings is 1. The van der Waals surface area contributed by atoms with Crippen molar-refractivity contribution < 1.29 is 35.9 Å². The Kier molecular flexibility index (Phi) is 7.87. The van der Waals surface area contributed by atoms with Gasteiger partial charge in [-0.3, -0.25) is 9.69 Å². The lowest BCUT2D eigenvalue weighted by Crippen LogP contribution is -2.63. The van der Waals surface area contributed by atoms with E-state index in [0.717, 1.165) is 36.1 Å². The van der Waals surface area contributed by atoms with Gasteiger partial charge in [0, 0.05) is 51.9 Å². The zero-order valence-electron chi connectivity index (χ0n) is 22.0. The second-order valence-corrected chi connectivity index (χ2v) is 10.1. The van der Waals surface area contributed by atoms with Crippen molar-refractivity contribution in [3.05, 3.63) is 89.6 Å². The van der Waals surface area contributed by atoms with Crippen LogP contribution in [0.3, 0.4) is 0 Å². The first-order valence-corrected chi connectivity index (χ1v) is 13.2. The molecule has 1 amide bonds. The van der Waals surface area contributed by atoms with E-state index in [-0.39, 0.29) is 30.8 Å². The number of anilines is 1. The number of hydrogen-bond acceptors (Lipinski definition) is 5. The highest BCUT2D eigenvalue weighted by atomic mass is 19.4. The minimum absolute atomic E-state index is 0.0185. The third-order valence-electron chi connectivity index (χ3n) is 7.48. The molecule has 12 heteroatoms. The normalized spacial score (nSPS) is 20.3. The number of nitrogens with zero attached hydrogens (tertiary/aromatic N) is 4. The highest BCUT2D eigenvalue weighted by Gasteiger charge is 2.52. The van der Waals surface area contributed by atoms with E-state index in [1.165, 1.54) is 18.2 Å². The Labute approximate surface area is 233 Å². The Morgan fingerprint density at radius 2 is 1.51 bits per heavy atom. The first-order chi connectivity index (χ1) is 19.5. The fraction of sp³-hybridized carbons (Fsp3) is 0.379. The number of carbonyl (C=O) groups is 1. The van der Waals surface area contributed by atoms with E-state index >= 15 is 0 Å². The van der Waals surface area contributed by atoms with Gasteiger partial charge in [0.2, 0.25) is 5.72 Å². The van der Waals surface area contributed by atoms with Crippen LogP contribution in [0, 0.1) is 0 Å². The molecule has 6 nitrogen and oxygen atoms in total. The fourth-order valence-corrected chi connectivity index (χ4v) is 5.43. The number of aromatic nitrogens is 1. The molecule has 3 heterocycles. The molecule has 1 atom stereocenters. The molecule has 41 heavy (non-hydrogen) atoms. The van der Waals surface area contributed by atoms with E-state index in [1.807, 2.05) is 17.0 Å². The molecule has 2 fully saturated rings. The van der Waals surface area contributed by atoms with Crippen LogP contribution in [-0.2, 0) is 23.7 Å². The van der Waals surface area contributed by atoms with Gasteiger partial charge in [0.1, 0.15) is 11.6 Å². The summed E-state index contributed by atoms with van der Waals surface area (Å²) in [6, 6.07) is 14.7. The first-order valence-electron chi connectivity index (χ1n) is 13.2. The van der Waals surface area contributed by atoms with E-state index in [4.69, 9.17) is 4.74 Å². The van der Waals surface area contributed by atoms with Crippen molar-refractivity contribution in [1.29, 1.82) is 0 Å². The van der Waals surface area contributed by atoms with Crippen molar-refractivity contribution in [2.75, 3.05) is 37.6 Å². The predicted octanol–water partition coefficient (Wildman–Crippen LogP) is 5.84. The maximum atomic E-state index is 14.2. The van der Waals surface area contributed by atoms with Gasteiger partial charge in [0.25, 0.3) is 5.91 Å². The maximum absolute atomic E-state index is 14.2. The van der Waals surface area contributed by atoms with E-state index in [2.05, 4.69) is 4.98 Å². The van der Waals surface area contributed by atoms with Crippen molar-refractivity contribution in [3.63, 3.8) is 0 Å². The molecule has 3 aromatic rings. The van der Waals surface area contributed by atoms with Crippen LogP contribution in [0.1, 0.15) is 29.5 Å². The van der Waals surface area contributed by atoms with Gasteiger partial charge >= 0.3 is 12.4 Å². The molecule has 5 rings (SSSR count). The first kappa shape index (κ1) is 28.7. The van der Waals surface area contributed by atoms with Gasteiger partial charge in [-0.2, -0.15) is 26.3 Å². The number of piperazine rings is 1. The standard InChI is InChI=1S/C29H28F6N4O2/c30-28(31,32)22-9-11-23(12-10-22)41-27(26(40)38-18-16-37(17-19-38)25-8-3-4-14-36-25)13-5-15-39(27)20-21-6-1-2-7-24(21)29(33,34)35/h1-4,6-12,14H,5,13,15-20H2. The molecule has 0 N–H and O–H groups in total. The molecule has 0 bridgehead atoms. The number of ether oxygens (including phenoxy) is 1. The highest BCUT2D eigenvalue weighted by Crippen LogP contribution is 2.39. The Bertz CT molecular complexity index is 1340. The van der Waals surface area contributed by atoms with Gasteiger partial charge < -0.3 is 14.5 Å². The van der Waals surface area contributed by atoms with Crippen LogP contribution in [-0.4, -0.2) is 59.1 Å². The van der Waals surface area contributed by atoms with Crippen molar-refractivity contribution >= 4 is 11.7 Å². The zero-order chi connectivity index (χ0) is 29.3. The van der Waals surface area contributed by atoms with Gasteiger partial charge in [-0.1, -0.05) is 24.3 Å². The predicted molar refractivity (Wildman–Crippen MR) is 139 cm³/mol. The van der Waals surface area contributed by atoms with Crippen molar-refractivity contribution in [1.82, 2.24) is 14.8 Å². The topological polar surface area (TPSA) is 48.9 Å². The summed E-state index contributed by atoms with van der Waals surface area (Å²) in [7, 11) is 0. The number of amides is 1. The lowest BCUT2D eigenvalue weighted by atomic mass is 10.0. The largest absolute Gasteiger partial charge is 0.463 e. The summed E-state index contributed by atoms with van der Waals surface area (Å²) in [6.07, 6.45) is -6.86. The number of hydrogen-bond donors (Lipinski definition) is 0. The Morgan fingerprint density at radius 3 is 2.15 bits per heavy atom. The summed E-state index contributed by atoms with van der Waals surface area (Å²) in [4.78, 5) is 23.8. The van der Waals surface area contributed by atoms with E-state index in [0.29, 0.717) is 32.6 Å². The molecular weight excluding hydrogens is 550 g/mol. The molecule has 2 aromatic carbocycles. The molecule has 0 aliphatic carbocycles. The SMILES string of the molecule is O=C(N1CCN(c2ccccn2)CC1)C1(Oc2ccc(C(F)(F)F)cc2)CCCN1Cc1ccccc1C(F)(F)F. The van der Waals surface area contributed by atoms with Crippen LogP contribution < -0.4 is 9.64 Å². The minimum Gasteiger partial charge on any atom is -0.463 e. The fourth-order valence-electron chi connectivity index (χ4n) is 5.43. The molecule has 2 aliphatic rings. The zero-order valence-corrected chi connectivity index (χ0v) is 22.0. The van der Waals surface area contributed by atoms with Crippen molar-refractivity contribution in [3.8, 4) is 5.75 Å². The Hall–Kier alpha value is -3.80. The number of likely N-dealkylation sites (tertiary alicyclic amines) is 1. The Morgan fingerprint density at radius 1 is 0.829 bits per heavy atom. The second-order valence-electron chi connectivity index (χ2n) is 10.1. The number of alkyl halides is 6. The van der Waals surface area contributed by atoms with Gasteiger partial charge in [0.15, 0.2) is 0 Å². The van der Waals surface area contributed by atoms with Gasteiger partial charge in [0.05, 0.1) is 11.1 Å². The number of carbonyl (C=O) groups excluding carboxylic acids is 1. The average Bonchev–Trinajstić information content (AvgIpc) is 3.35. The van der Waals surface area contributed by atoms with Crippen LogP contribution in [0.25, 0.3) is 0 Å². The number of benzene rings is 2. The minimum atomic E-state index is -4.60. The average molecular weight is 579 g/mol.